The van der Waals surface area contributed by atoms with E-state index in [1.165, 1.54) is 24.3 Å². The Morgan fingerprint density at radius 1 is 1.22 bits per heavy atom. The fourth-order valence-corrected chi connectivity index (χ4v) is 2.79. The van der Waals surface area contributed by atoms with Crippen molar-refractivity contribution >= 4 is 10.9 Å². The smallest absolute Gasteiger partial charge is 0.123 e. The molecule has 3 aromatic rings. The lowest BCUT2D eigenvalue weighted by molar-refractivity contribution is 0.167. The first-order chi connectivity index (χ1) is 11.1. The van der Waals surface area contributed by atoms with E-state index in [2.05, 4.69) is 6.07 Å². The van der Waals surface area contributed by atoms with Crippen LogP contribution in [0, 0.1) is 17.1 Å². The number of nitrogens with zero attached hydrogens (tertiary/aromatic N) is 2. The molecular formula is C18H15FN2O2. The quantitative estimate of drug-likeness (QED) is 0.773. The van der Waals surface area contributed by atoms with Gasteiger partial charge in [-0.3, -0.25) is 0 Å². The standard InChI is InChI=1S/C18H15FN2O2/c1-2-17(23)18-15(10-20)14-9-13(22)7-8-16(14)21(18)12-5-3-11(19)4-6-12/h3-9,17,22-23H,2H2,1H3. The van der Waals surface area contributed by atoms with E-state index in [-0.39, 0.29) is 11.6 Å². The number of rotatable bonds is 3. The van der Waals surface area contributed by atoms with Gasteiger partial charge < -0.3 is 14.8 Å². The molecule has 2 aromatic carbocycles. The number of aliphatic hydroxyl groups is 1. The molecule has 3 rings (SSSR count). The minimum Gasteiger partial charge on any atom is -0.508 e. The van der Waals surface area contributed by atoms with Gasteiger partial charge in [-0.2, -0.15) is 5.26 Å². The van der Waals surface area contributed by atoms with Gasteiger partial charge in [0.1, 0.15) is 17.6 Å². The normalized spacial score (nSPS) is 12.3. The number of hydrogen-bond donors (Lipinski definition) is 2. The van der Waals surface area contributed by atoms with E-state index in [1.807, 2.05) is 6.92 Å². The number of phenolic OH excluding ortho intramolecular Hbond substituents is 1. The first kappa shape index (κ1) is 15.1. The average molecular weight is 310 g/mol. The predicted molar refractivity (Wildman–Crippen MR) is 84.9 cm³/mol. The van der Waals surface area contributed by atoms with Crippen LogP contribution in [-0.2, 0) is 0 Å². The van der Waals surface area contributed by atoms with Crippen LogP contribution in [-0.4, -0.2) is 14.8 Å². The molecule has 5 heteroatoms. The minimum atomic E-state index is -0.843. The zero-order chi connectivity index (χ0) is 16.6. The number of aromatic hydroxyl groups is 1. The summed E-state index contributed by atoms with van der Waals surface area (Å²) in [5.74, 6) is -0.316. The molecule has 4 nitrogen and oxygen atoms in total. The Labute approximate surface area is 132 Å². The van der Waals surface area contributed by atoms with Crippen LogP contribution >= 0.6 is 0 Å². The van der Waals surface area contributed by atoms with Gasteiger partial charge in [0.2, 0.25) is 0 Å². The van der Waals surface area contributed by atoms with Gasteiger partial charge >= 0.3 is 0 Å². The van der Waals surface area contributed by atoms with Gasteiger partial charge in [0.15, 0.2) is 0 Å². The van der Waals surface area contributed by atoms with E-state index < -0.39 is 6.10 Å². The van der Waals surface area contributed by atoms with Gasteiger partial charge in [-0.15, -0.1) is 0 Å². The van der Waals surface area contributed by atoms with Crippen LogP contribution in [0.25, 0.3) is 16.6 Å². The summed E-state index contributed by atoms with van der Waals surface area (Å²) in [6.07, 6.45) is -0.415. The van der Waals surface area contributed by atoms with E-state index in [4.69, 9.17) is 0 Å². The maximum atomic E-state index is 13.2. The molecule has 0 amide bonds. The summed E-state index contributed by atoms with van der Waals surface area (Å²) in [5, 5.41) is 30.2. The monoisotopic (exact) mass is 310 g/mol. The lowest BCUT2D eigenvalue weighted by Gasteiger charge is -2.15. The van der Waals surface area contributed by atoms with Crippen LogP contribution in [0.5, 0.6) is 5.75 Å². The number of aromatic nitrogens is 1. The fraction of sp³-hybridized carbons (Fsp3) is 0.167. The summed E-state index contributed by atoms with van der Waals surface area (Å²) >= 11 is 0. The lowest BCUT2D eigenvalue weighted by atomic mass is 10.1. The molecule has 1 atom stereocenters. The Hall–Kier alpha value is -2.84. The average Bonchev–Trinajstić information content (AvgIpc) is 2.88. The number of halogens is 1. The van der Waals surface area contributed by atoms with Crippen molar-refractivity contribution in [3.05, 3.63) is 59.5 Å². The van der Waals surface area contributed by atoms with Crippen molar-refractivity contribution in [1.29, 1.82) is 5.26 Å². The number of phenols is 1. The van der Waals surface area contributed by atoms with Gasteiger partial charge in [-0.25, -0.2) is 4.39 Å². The molecule has 0 aliphatic carbocycles. The van der Waals surface area contributed by atoms with Gasteiger partial charge in [0, 0.05) is 11.1 Å². The highest BCUT2D eigenvalue weighted by Gasteiger charge is 2.23. The first-order valence-corrected chi connectivity index (χ1v) is 7.28. The molecule has 1 aromatic heterocycles. The topological polar surface area (TPSA) is 69.2 Å². The van der Waals surface area contributed by atoms with Crippen molar-refractivity contribution in [3.8, 4) is 17.5 Å². The van der Waals surface area contributed by atoms with Crippen molar-refractivity contribution in [2.45, 2.75) is 19.4 Å². The number of nitriles is 1. The third-order valence-electron chi connectivity index (χ3n) is 3.89. The molecule has 0 saturated heterocycles. The Bertz CT molecular complexity index is 907. The van der Waals surface area contributed by atoms with E-state index in [9.17, 15) is 19.9 Å². The SMILES string of the molecule is CCC(O)c1c(C#N)c2cc(O)ccc2n1-c1ccc(F)cc1. The van der Waals surface area contributed by atoms with Crippen LogP contribution in [0.2, 0.25) is 0 Å². The van der Waals surface area contributed by atoms with Crippen molar-refractivity contribution in [2.24, 2.45) is 0 Å². The molecule has 0 radical (unpaired) electrons. The van der Waals surface area contributed by atoms with E-state index in [0.29, 0.717) is 34.3 Å². The molecular weight excluding hydrogens is 295 g/mol. The van der Waals surface area contributed by atoms with Crippen LogP contribution in [0.4, 0.5) is 4.39 Å². The minimum absolute atomic E-state index is 0.0443. The van der Waals surface area contributed by atoms with Gasteiger partial charge in [0.25, 0.3) is 0 Å². The fourth-order valence-electron chi connectivity index (χ4n) is 2.79. The van der Waals surface area contributed by atoms with E-state index >= 15 is 0 Å². The van der Waals surface area contributed by atoms with Crippen molar-refractivity contribution in [3.63, 3.8) is 0 Å². The summed E-state index contributed by atoms with van der Waals surface area (Å²) < 4.78 is 15.0. The Morgan fingerprint density at radius 2 is 1.91 bits per heavy atom. The van der Waals surface area contributed by atoms with Crippen LogP contribution < -0.4 is 0 Å². The summed E-state index contributed by atoms with van der Waals surface area (Å²) in [4.78, 5) is 0. The number of hydrogen-bond acceptors (Lipinski definition) is 3. The molecule has 0 spiro atoms. The van der Waals surface area contributed by atoms with Gasteiger partial charge in [-0.1, -0.05) is 6.92 Å². The largest absolute Gasteiger partial charge is 0.508 e. The second kappa shape index (κ2) is 5.75. The third-order valence-corrected chi connectivity index (χ3v) is 3.89. The summed E-state index contributed by atoms with van der Waals surface area (Å²) in [5.41, 5.74) is 2.08. The molecule has 0 aliphatic heterocycles. The third kappa shape index (κ3) is 2.43. The van der Waals surface area contributed by atoms with Gasteiger partial charge in [-0.05, 0) is 48.9 Å². The zero-order valence-electron chi connectivity index (χ0n) is 12.5. The number of fused-ring (bicyclic) bond motifs is 1. The number of benzene rings is 2. The molecule has 0 bridgehead atoms. The highest BCUT2D eigenvalue weighted by molar-refractivity contribution is 5.91. The van der Waals surface area contributed by atoms with E-state index in [0.717, 1.165) is 0 Å². The molecule has 1 heterocycles. The second-order valence-electron chi connectivity index (χ2n) is 5.31. The lowest BCUT2D eigenvalue weighted by Crippen LogP contribution is -2.07. The zero-order valence-corrected chi connectivity index (χ0v) is 12.5. The summed E-state index contributed by atoms with van der Waals surface area (Å²) in [6, 6.07) is 12.7. The molecule has 2 N–H and O–H groups in total. The Balaban J connectivity index is 2.43. The predicted octanol–water partition coefficient (Wildman–Crippen LogP) is 3.79. The summed E-state index contributed by atoms with van der Waals surface area (Å²) in [6.45, 7) is 1.82. The highest BCUT2D eigenvalue weighted by Crippen LogP contribution is 2.35. The molecule has 0 fully saturated rings. The van der Waals surface area contributed by atoms with Crippen molar-refractivity contribution < 1.29 is 14.6 Å². The second-order valence-corrected chi connectivity index (χ2v) is 5.31. The molecule has 23 heavy (non-hydrogen) atoms. The molecule has 0 aliphatic rings. The van der Waals surface area contributed by atoms with Gasteiger partial charge in [0.05, 0.1) is 22.9 Å². The highest BCUT2D eigenvalue weighted by atomic mass is 19.1. The maximum absolute atomic E-state index is 13.2. The summed E-state index contributed by atoms with van der Waals surface area (Å²) in [7, 11) is 0. The Morgan fingerprint density at radius 3 is 2.52 bits per heavy atom. The van der Waals surface area contributed by atoms with Crippen LogP contribution in [0.3, 0.4) is 0 Å². The number of aliphatic hydroxyl groups excluding tert-OH is 1. The van der Waals surface area contributed by atoms with E-state index in [1.54, 1.807) is 22.8 Å². The maximum Gasteiger partial charge on any atom is 0.123 e. The van der Waals surface area contributed by atoms with Crippen molar-refractivity contribution in [2.75, 3.05) is 0 Å². The Kier molecular flexibility index (Phi) is 3.77. The van der Waals surface area contributed by atoms with Crippen LogP contribution in [0.15, 0.2) is 42.5 Å². The molecule has 1 unspecified atom stereocenters. The van der Waals surface area contributed by atoms with Crippen LogP contribution in [0.1, 0.15) is 30.7 Å². The molecule has 116 valence electrons. The first-order valence-electron chi connectivity index (χ1n) is 7.28. The molecule has 0 saturated carbocycles. The van der Waals surface area contributed by atoms with Crippen molar-refractivity contribution in [1.82, 2.24) is 4.57 Å².